The first-order valence-corrected chi connectivity index (χ1v) is 4.85. The fraction of sp³-hybridized carbons (Fsp3) is 0.364. The number of rotatable bonds is 2. The molecule has 2 N–H and O–H groups in total. The highest BCUT2D eigenvalue weighted by Crippen LogP contribution is 2.09. The van der Waals surface area contributed by atoms with Crippen molar-refractivity contribution in [1.82, 2.24) is 9.38 Å². The summed E-state index contributed by atoms with van der Waals surface area (Å²) in [4.78, 5) is 4.40. The van der Waals surface area contributed by atoms with E-state index in [4.69, 9.17) is 5.73 Å². The third kappa shape index (κ3) is 1.77. The third-order valence-corrected chi connectivity index (χ3v) is 2.20. The van der Waals surface area contributed by atoms with Gasteiger partial charge in [-0.1, -0.05) is 0 Å². The fourth-order valence-corrected chi connectivity index (χ4v) is 1.65. The minimum atomic E-state index is 0.202. The summed E-state index contributed by atoms with van der Waals surface area (Å²) in [5, 5.41) is 0. The number of hydrogen-bond acceptors (Lipinski definition) is 2. The van der Waals surface area contributed by atoms with Gasteiger partial charge in [-0.25, -0.2) is 4.98 Å². The summed E-state index contributed by atoms with van der Waals surface area (Å²) in [5.74, 6) is 0. The van der Waals surface area contributed by atoms with Crippen LogP contribution in [0.2, 0.25) is 0 Å². The lowest BCUT2D eigenvalue weighted by molar-refractivity contribution is 0.737. The summed E-state index contributed by atoms with van der Waals surface area (Å²) >= 11 is 0. The first-order valence-electron chi connectivity index (χ1n) is 4.85. The quantitative estimate of drug-likeness (QED) is 0.778. The van der Waals surface area contributed by atoms with Crippen molar-refractivity contribution in [3.05, 3.63) is 35.8 Å². The monoisotopic (exact) mass is 189 g/mol. The highest BCUT2D eigenvalue weighted by molar-refractivity contribution is 5.42. The van der Waals surface area contributed by atoms with Crippen LogP contribution in [-0.2, 0) is 6.42 Å². The zero-order valence-electron chi connectivity index (χ0n) is 8.57. The van der Waals surface area contributed by atoms with Gasteiger partial charge >= 0.3 is 0 Å². The van der Waals surface area contributed by atoms with Gasteiger partial charge < -0.3 is 10.1 Å². The van der Waals surface area contributed by atoms with Crippen molar-refractivity contribution >= 4 is 5.65 Å². The number of hydrogen-bond donors (Lipinski definition) is 1. The van der Waals surface area contributed by atoms with E-state index in [1.165, 1.54) is 5.56 Å². The lowest BCUT2D eigenvalue weighted by atomic mass is 10.1. The average Bonchev–Trinajstić information content (AvgIpc) is 2.42. The highest BCUT2D eigenvalue weighted by Gasteiger charge is 2.01. The molecule has 2 aromatic heterocycles. The molecule has 3 heteroatoms. The molecule has 2 heterocycles. The van der Waals surface area contributed by atoms with E-state index in [1.807, 2.05) is 30.6 Å². The number of fused-ring (bicyclic) bond motifs is 1. The predicted molar refractivity (Wildman–Crippen MR) is 57.3 cm³/mol. The van der Waals surface area contributed by atoms with E-state index < -0.39 is 0 Å². The molecule has 0 aliphatic carbocycles. The predicted octanol–water partition coefficient (Wildman–Crippen LogP) is 1.53. The zero-order chi connectivity index (χ0) is 10.1. The number of nitrogens with two attached hydrogens (primary N) is 1. The van der Waals surface area contributed by atoms with Crippen LogP contribution < -0.4 is 5.73 Å². The van der Waals surface area contributed by atoms with Crippen molar-refractivity contribution in [3.63, 3.8) is 0 Å². The van der Waals surface area contributed by atoms with Crippen LogP contribution in [-0.4, -0.2) is 15.4 Å². The van der Waals surface area contributed by atoms with Gasteiger partial charge in [0.15, 0.2) is 0 Å². The molecule has 14 heavy (non-hydrogen) atoms. The van der Waals surface area contributed by atoms with E-state index in [1.54, 1.807) is 0 Å². The van der Waals surface area contributed by atoms with Crippen molar-refractivity contribution in [2.45, 2.75) is 26.3 Å². The minimum absolute atomic E-state index is 0.202. The molecule has 2 aromatic rings. The number of aryl methyl sites for hydroxylation is 1. The summed E-state index contributed by atoms with van der Waals surface area (Å²) < 4.78 is 2.03. The third-order valence-electron chi connectivity index (χ3n) is 2.20. The Bertz CT molecular complexity index is 443. The normalized spacial score (nSPS) is 13.4. The Morgan fingerprint density at radius 1 is 1.57 bits per heavy atom. The Morgan fingerprint density at radius 2 is 2.36 bits per heavy atom. The van der Waals surface area contributed by atoms with Crippen molar-refractivity contribution in [3.8, 4) is 0 Å². The molecule has 0 radical (unpaired) electrons. The second-order valence-electron chi connectivity index (χ2n) is 3.86. The van der Waals surface area contributed by atoms with E-state index in [-0.39, 0.29) is 6.04 Å². The van der Waals surface area contributed by atoms with Gasteiger partial charge in [-0.2, -0.15) is 0 Å². The molecule has 0 amide bonds. The Morgan fingerprint density at radius 3 is 3.07 bits per heavy atom. The van der Waals surface area contributed by atoms with Crippen LogP contribution in [0.25, 0.3) is 5.65 Å². The van der Waals surface area contributed by atoms with Crippen LogP contribution in [0.15, 0.2) is 24.5 Å². The summed E-state index contributed by atoms with van der Waals surface area (Å²) in [6.07, 6.45) is 4.96. The van der Waals surface area contributed by atoms with Gasteiger partial charge in [0.05, 0.1) is 5.69 Å². The van der Waals surface area contributed by atoms with Gasteiger partial charge in [-0.15, -0.1) is 0 Å². The van der Waals surface area contributed by atoms with Crippen LogP contribution in [0.1, 0.15) is 18.2 Å². The average molecular weight is 189 g/mol. The summed E-state index contributed by atoms with van der Waals surface area (Å²) in [6.45, 7) is 4.01. The molecule has 0 aliphatic heterocycles. The number of imidazole rings is 1. The maximum Gasteiger partial charge on any atom is 0.137 e. The van der Waals surface area contributed by atoms with Gasteiger partial charge in [0.2, 0.25) is 0 Å². The smallest absolute Gasteiger partial charge is 0.137 e. The first-order chi connectivity index (χ1) is 6.65. The van der Waals surface area contributed by atoms with E-state index in [0.717, 1.165) is 17.8 Å². The largest absolute Gasteiger partial charge is 0.328 e. The van der Waals surface area contributed by atoms with Crippen LogP contribution in [0.5, 0.6) is 0 Å². The molecule has 3 nitrogen and oxygen atoms in total. The SMILES string of the molecule is Cc1cn2ccc(CC(C)N)cc2n1. The Kier molecular flexibility index (Phi) is 2.25. The molecule has 2 rings (SSSR count). The van der Waals surface area contributed by atoms with Crippen LogP contribution in [0.3, 0.4) is 0 Å². The molecule has 74 valence electrons. The lowest BCUT2D eigenvalue weighted by Gasteiger charge is -2.04. The molecule has 0 aliphatic rings. The molecular formula is C11H15N3. The lowest BCUT2D eigenvalue weighted by Crippen LogP contribution is -2.17. The zero-order valence-corrected chi connectivity index (χ0v) is 8.57. The molecule has 1 unspecified atom stereocenters. The number of pyridine rings is 1. The van der Waals surface area contributed by atoms with Crippen LogP contribution in [0.4, 0.5) is 0 Å². The van der Waals surface area contributed by atoms with Crippen molar-refractivity contribution in [2.24, 2.45) is 5.73 Å². The van der Waals surface area contributed by atoms with Gasteiger partial charge in [0, 0.05) is 18.4 Å². The van der Waals surface area contributed by atoms with Crippen LogP contribution in [0, 0.1) is 6.92 Å². The highest BCUT2D eigenvalue weighted by atomic mass is 15.0. The minimum Gasteiger partial charge on any atom is -0.328 e. The van der Waals surface area contributed by atoms with Crippen molar-refractivity contribution in [1.29, 1.82) is 0 Å². The van der Waals surface area contributed by atoms with Gasteiger partial charge in [-0.3, -0.25) is 0 Å². The summed E-state index contributed by atoms with van der Waals surface area (Å²) in [5.41, 5.74) is 9.04. The molecule has 0 fully saturated rings. The Hall–Kier alpha value is -1.35. The topological polar surface area (TPSA) is 43.3 Å². The standard InChI is InChI=1S/C11H15N3/c1-8(12)5-10-3-4-14-7-9(2)13-11(14)6-10/h3-4,6-8H,5,12H2,1-2H3. The molecule has 0 aromatic carbocycles. The van der Waals surface area contributed by atoms with E-state index >= 15 is 0 Å². The van der Waals surface area contributed by atoms with Crippen LogP contribution >= 0.6 is 0 Å². The van der Waals surface area contributed by atoms with Crippen molar-refractivity contribution < 1.29 is 0 Å². The van der Waals surface area contributed by atoms with Gasteiger partial charge in [-0.05, 0) is 38.0 Å². The summed E-state index contributed by atoms with van der Waals surface area (Å²) in [7, 11) is 0. The van der Waals surface area contributed by atoms with Gasteiger partial charge in [0.25, 0.3) is 0 Å². The second kappa shape index (κ2) is 3.42. The molecule has 0 saturated carbocycles. The molecular weight excluding hydrogens is 174 g/mol. The van der Waals surface area contributed by atoms with E-state index in [2.05, 4.69) is 17.1 Å². The second-order valence-corrected chi connectivity index (χ2v) is 3.86. The summed E-state index contributed by atoms with van der Waals surface area (Å²) in [6, 6.07) is 4.39. The Balaban J connectivity index is 2.40. The van der Waals surface area contributed by atoms with E-state index in [9.17, 15) is 0 Å². The molecule has 0 saturated heterocycles. The molecule has 1 atom stereocenters. The number of nitrogens with zero attached hydrogens (tertiary/aromatic N) is 2. The first kappa shape index (κ1) is 9.21. The fourth-order valence-electron chi connectivity index (χ4n) is 1.65. The Labute approximate surface area is 83.6 Å². The van der Waals surface area contributed by atoms with Crippen molar-refractivity contribution in [2.75, 3.05) is 0 Å². The molecule has 0 bridgehead atoms. The van der Waals surface area contributed by atoms with Gasteiger partial charge in [0.1, 0.15) is 5.65 Å². The maximum atomic E-state index is 5.75. The maximum absolute atomic E-state index is 5.75. The van der Waals surface area contributed by atoms with E-state index in [0.29, 0.717) is 0 Å². The number of aromatic nitrogens is 2. The molecule has 0 spiro atoms.